The molecule has 0 saturated heterocycles. The number of halogens is 2. The Morgan fingerprint density at radius 1 is 0.935 bits per heavy atom. The Balaban J connectivity index is 1.85. The van der Waals surface area contributed by atoms with Gasteiger partial charge in [0.05, 0.1) is 19.4 Å². The predicted octanol–water partition coefficient (Wildman–Crippen LogP) is 6.24. The van der Waals surface area contributed by atoms with Crippen LogP contribution in [0.15, 0.2) is 48.5 Å². The molecule has 2 aromatic rings. The molecule has 0 aliphatic carbocycles. The van der Waals surface area contributed by atoms with E-state index in [1.54, 1.807) is 11.8 Å². The Morgan fingerprint density at radius 2 is 1.52 bits per heavy atom. The normalized spacial score (nSPS) is 12.5. The van der Waals surface area contributed by atoms with Crippen LogP contribution in [0, 0.1) is 0 Å². The molecule has 2 rings (SSSR count). The largest absolute Gasteiger partial charge is 0.494 e. The highest BCUT2D eigenvalue weighted by Crippen LogP contribution is 2.33. The molecule has 0 fully saturated rings. The van der Waals surface area contributed by atoms with Gasteiger partial charge in [-0.15, -0.1) is 11.6 Å². The summed E-state index contributed by atoms with van der Waals surface area (Å²) in [6.07, 6.45) is 1.74. The first kappa shape index (κ1) is 25.8. The summed E-state index contributed by atoms with van der Waals surface area (Å²) in [7, 11) is 0. The van der Waals surface area contributed by atoms with Crippen molar-refractivity contribution in [1.29, 1.82) is 0 Å². The fourth-order valence-corrected chi connectivity index (χ4v) is 4.16. The monoisotopic (exact) mass is 468 g/mol. The van der Waals surface area contributed by atoms with Crippen LogP contribution in [0.4, 0.5) is 4.39 Å². The van der Waals surface area contributed by atoms with E-state index in [-0.39, 0.29) is 18.7 Å². The molecule has 0 aliphatic heterocycles. The number of benzene rings is 2. The molecule has 1 unspecified atom stereocenters. The van der Waals surface area contributed by atoms with Crippen molar-refractivity contribution in [1.82, 2.24) is 0 Å². The molecule has 0 aliphatic rings. The second-order valence-electron chi connectivity index (χ2n) is 8.00. The van der Waals surface area contributed by atoms with Crippen LogP contribution in [0.5, 0.6) is 11.5 Å². The molecule has 1 atom stereocenters. The molecule has 0 spiro atoms. The smallest absolute Gasteiger partial charge is 0.119 e. The third-order valence-corrected chi connectivity index (χ3v) is 6.59. The predicted molar refractivity (Wildman–Crippen MR) is 130 cm³/mol. The molecular weight excluding hydrogens is 435 g/mol. The third-order valence-electron chi connectivity index (χ3n) is 5.12. The lowest BCUT2D eigenvalue weighted by atomic mass is 9.78. The highest BCUT2D eigenvalue weighted by molar-refractivity contribution is 7.99. The van der Waals surface area contributed by atoms with E-state index in [2.05, 4.69) is 38.1 Å². The molecule has 172 valence electrons. The van der Waals surface area contributed by atoms with Gasteiger partial charge in [0.2, 0.25) is 0 Å². The van der Waals surface area contributed by atoms with Crippen molar-refractivity contribution < 1.29 is 19.0 Å². The summed E-state index contributed by atoms with van der Waals surface area (Å²) < 4.78 is 23.5. The van der Waals surface area contributed by atoms with Gasteiger partial charge in [-0.1, -0.05) is 38.1 Å². The minimum absolute atomic E-state index is 0.164. The standard InChI is InChI=1S/C25H34ClFO3S/c1-25(2,20-6-10-23(11-7-20)29-16-5-14-26)21-8-12-24(13-9-21)30-18-22(28)19-31-17-4-3-15-27/h6-13,22,28H,3-5,14-19H2,1-2H3. The number of aliphatic hydroxyl groups excluding tert-OH is 1. The van der Waals surface area contributed by atoms with Crippen LogP contribution in [0.25, 0.3) is 0 Å². The lowest BCUT2D eigenvalue weighted by molar-refractivity contribution is 0.126. The number of hydrogen-bond donors (Lipinski definition) is 1. The van der Waals surface area contributed by atoms with E-state index in [1.807, 2.05) is 24.3 Å². The molecule has 0 radical (unpaired) electrons. The Hall–Kier alpha value is -1.43. The number of thioether (sulfide) groups is 1. The fourth-order valence-electron chi connectivity index (χ4n) is 3.11. The van der Waals surface area contributed by atoms with Crippen molar-refractivity contribution in [2.24, 2.45) is 0 Å². The Bertz CT molecular complexity index is 737. The number of unbranched alkanes of at least 4 members (excludes halogenated alkanes) is 1. The van der Waals surface area contributed by atoms with Gasteiger partial charge in [-0.2, -0.15) is 11.8 Å². The van der Waals surface area contributed by atoms with E-state index in [0.29, 0.717) is 24.7 Å². The van der Waals surface area contributed by atoms with Crippen LogP contribution >= 0.6 is 23.4 Å². The quantitative estimate of drug-likeness (QED) is 0.248. The van der Waals surface area contributed by atoms with Crippen molar-refractivity contribution in [2.45, 2.75) is 44.6 Å². The van der Waals surface area contributed by atoms with Crippen LogP contribution < -0.4 is 9.47 Å². The summed E-state index contributed by atoms with van der Waals surface area (Å²) in [6, 6.07) is 16.2. The summed E-state index contributed by atoms with van der Waals surface area (Å²) >= 11 is 7.32. The Kier molecular flexibility index (Phi) is 11.6. The second-order valence-corrected chi connectivity index (χ2v) is 9.53. The van der Waals surface area contributed by atoms with Crippen molar-refractivity contribution in [2.75, 3.05) is 37.3 Å². The summed E-state index contributed by atoms with van der Waals surface area (Å²) in [5, 5.41) is 10.1. The van der Waals surface area contributed by atoms with Gasteiger partial charge in [-0.3, -0.25) is 4.39 Å². The first-order chi connectivity index (χ1) is 15.0. The molecule has 0 bridgehead atoms. The van der Waals surface area contributed by atoms with Crippen molar-refractivity contribution >= 4 is 23.4 Å². The second kappa shape index (κ2) is 13.9. The fraction of sp³-hybridized carbons (Fsp3) is 0.520. The molecule has 3 nitrogen and oxygen atoms in total. The highest BCUT2D eigenvalue weighted by atomic mass is 35.5. The van der Waals surface area contributed by atoms with Crippen LogP contribution in [0.3, 0.4) is 0 Å². The van der Waals surface area contributed by atoms with Gasteiger partial charge in [-0.25, -0.2) is 0 Å². The minimum Gasteiger partial charge on any atom is -0.494 e. The average Bonchev–Trinajstić information content (AvgIpc) is 2.78. The number of alkyl halides is 2. The zero-order valence-electron chi connectivity index (χ0n) is 18.5. The molecule has 31 heavy (non-hydrogen) atoms. The zero-order chi connectivity index (χ0) is 22.5. The first-order valence-electron chi connectivity index (χ1n) is 10.8. The van der Waals surface area contributed by atoms with Crippen LogP contribution in [-0.4, -0.2) is 48.5 Å². The minimum atomic E-state index is -0.531. The van der Waals surface area contributed by atoms with E-state index in [4.69, 9.17) is 21.1 Å². The molecule has 0 aromatic heterocycles. The number of ether oxygens (including phenoxy) is 2. The van der Waals surface area contributed by atoms with Crippen molar-refractivity contribution in [3.05, 3.63) is 59.7 Å². The Labute approximate surface area is 195 Å². The maximum absolute atomic E-state index is 12.1. The molecule has 0 amide bonds. The summed E-state index contributed by atoms with van der Waals surface area (Å²) in [6.45, 7) is 4.99. The number of hydrogen-bond acceptors (Lipinski definition) is 4. The summed E-state index contributed by atoms with van der Waals surface area (Å²) in [5.74, 6) is 3.66. The topological polar surface area (TPSA) is 38.7 Å². The van der Waals surface area contributed by atoms with Gasteiger partial charge in [0.15, 0.2) is 0 Å². The molecule has 0 saturated carbocycles. The zero-order valence-corrected chi connectivity index (χ0v) is 20.1. The third kappa shape index (κ3) is 8.91. The summed E-state index contributed by atoms with van der Waals surface area (Å²) in [4.78, 5) is 0. The van der Waals surface area contributed by atoms with Crippen molar-refractivity contribution in [3.63, 3.8) is 0 Å². The van der Waals surface area contributed by atoms with Gasteiger partial charge < -0.3 is 14.6 Å². The molecular formula is C25H34ClFO3S. The van der Waals surface area contributed by atoms with Crippen LogP contribution in [0.2, 0.25) is 0 Å². The van der Waals surface area contributed by atoms with Gasteiger partial charge in [0.1, 0.15) is 18.1 Å². The van der Waals surface area contributed by atoms with Gasteiger partial charge in [0, 0.05) is 17.0 Å². The first-order valence-corrected chi connectivity index (χ1v) is 12.5. The number of aliphatic hydroxyl groups is 1. The van der Waals surface area contributed by atoms with E-state index in [0.717, 1.165) is 30.1 Å². The molecule has 0 heterocycles. The SMILES string of the molecule is CC(C)(c1ccc(OCCCCl)cc1)c1ccc(OCC(O)CSCCCCF)cc1. The van der Waals surface area contributed by atoms with E-state index in [9.17, 15) is 9.50 Å². The van der Waals surface area contributed by atoms with Crippen molar-refractivity contribution in [3.8, 4) is 11.5 Å². The lowest BCUT2D eigenvalue weighted by Gasteiger charge is -2.26. The van der Waals surface area contributed by atoms with Crippen LogP contribution in [-0.2, 0) is 5.41 Å². The average molecular weight is 469 g/mol. The van der Waals surface area contributed by atoms with Gasteiger partial charge in [-0.05, 0) is 60.4 Å². The van der Waals surface area contributed by atoms with Crippen LogP contribution in [0.1, 0.15) is 44.2 Å². The summed E-state index contributed by atoms with van der Waals surface area (Å²) in [5.41, 5.74) is 2.22. The van der Waals surface area contributed by atoms with Gasteiger partial charge >= 0.3 is 0 Å². The van der Waals surface area contributed by atoms with E-state index >= 15 is 0 Å². The highest BCUT2D eigenvalue weighted by Gasteiger charge is 2.23. The maximum Gasteiger partial charge on any atom is 0.119 e. The lowest BCUT2D eigenvalue weighted by Crippen LogP contribution is -2.21. The van der Waals surface area contributed by atoms with E-state index in [1.165, 1.54) is 11.1 Å². The maximum atomic E-state index is 12.1. The van der Waals surface area contributed by atoms with E-state index < -0.39 is 6.10 Å². The van der Waals surface area contributed by atoms with Gasteiger partial charge in [0.25, 0.3) is 0 Å². The Morgan fingerprint density at radius 3 is 2.06 bits per heavy atom. The molecule has 6 heteroatoms. The number of rotatable bonds is 15. The molecule has 2 aromatic carbocycles. The molecule has 1 N–H and O–H groups in total.